The van der Waals surface area contributed by atoms with Crippen molar-refractivity contribution in [3.8, 4) is 0 Å². The average Bonchev–Trinajstić information content (AvgIpc) is 2.07. The van der Waals surface area contributed by atoms with E-state index in [-0.39, 0.29) is 0 Å². The molecule has 0 aromatic heterocycles. The number of hydrogen-bond acceptors (Lipinski definition) is 4. The van der Waals surface area contributed by atoms with Crippen molar-refractivity contribution in [1.82, 2.24) is 0 Å². The highest BCUT2D eigenvalue weighted by Gasteiger charge is 1.87. The Morgan fingerprint density at radius 3 is 2.38 bits per heavy atom. The highest BCUT2D eigenvalue weighted by Crippen LogP contribution is 1.86. The van der Waals surface area contributed by atoms with Gasteiger partial charge in [-0.05, 0) is 38.5 Å². The molecule has 0 aromatic carbocycles. The molecule has 0 aliphatic rings. The summed E-state index contributed by atoms with van der Waals surface area (Å²) >= 11 is 4.30. The van der Waals surface area contributed by atoms with Crippen LogP contribution in [0.1, 0.15) is 19.8 Å². The van der Waals surface area contributed by atoms with E-state index in [1.807, 2.05) is 6.92 Å². The Bertz CT molecular complexity index is 131. The zero-order valence-corrected chi connectivity index (χ0v) is 9.96. The minimum atomic E-state index is -0.623. The van der Waals surface area contributed by atoms with E-state index in [2.05, 4.69) is 17.0 Å². The Hall–Kier alpha value is -0.0000000000000000486. The van der Waals surface area contributed by atoms with Crippen molar-refractivity contribution in [2.24, 2.45) is 5.73 Å². The fourth-order valence-electron chi connectivity index (χ4n) is 0.518. The lowest BCUT2D eigenvalue weighted by Gasteiger charge is -1.91. The number of nitrogens with two attached hydrogens (primary N) is 1. The van der Waals surface area contributed by atoms with Crippen molar-refractivity contribution in [1.29, 1.82) is 0 Å². The van der Waals surface area contributed by atoms with Gasteiger partial charge in [0.05, 0.1) is 6.61 Å². The van der Waals surface area contributed by atoms with Crippen molar-refractivity contribution in [2.75, 3.05) is 25.2 Å². The molecular formula is C8H19NO2S2. The average molecular weight is 225 g/mol. The highest BCUT2D eigenvalue weighted by atomic mass is 32.2. The molecule has 0 saturated carbocycles. The minimum Gasteiger partial charge on any atom is -0.490 e. The molecule has 1 unspecified atom stereocenters. The quantitative estimate of drug-likeness (QED) is 0.543. The maximum absolute atomic E-state index is 10.4. The molecule has 0 spiro atoms. The molecule has 2 N–H and O–H groups in total. The van der Waals surface area contributed by atoms with Gasteiger partial charge in [0.1, 0.15) is 5.55 Å². The van der Waals surface area contributed by atoms with E-state index in [4.69, 9.17) is 5.73 Å². The van der Waals surface area contributed by atoms with Crippen molar-refractivity contribution in [3.63, 3.8) is 0 Å². The molecule has 0 heterocycles. The summed E-state index contributed by atoms with van der Waals surface area (Å²) in [5.74, 6) is 0.803. The van der Waals surface area contributed by atoms with E-state index >= 15 is 0 Å². The van der Waals surface area contributed by atoms with E-state index < -0.39 is 10.8 Å². The van der Waals surface area contributed by atoms with Crippen LogP contribution in [-0.4, -0.2) is 34.9 Å². The Kier molecular flexibility index (Phi) is 17.3. The fraction of sp³-hybridized carbons (Fsp3) is 0.875. The smallest absolute Gasteiger partial charge is 0.146 e. The van der Waals surface area contributed by atoms with Crippen LogP contribution in [-0.2, 0) is 15.5 Å². The molecular weight excluding hydrogens is 206 g/mol. The van der Waals surface area contributed by atoms with Crippen molar-refractivity contribution in [2.45, 2.75) is 19.8 Å². The molecule has 0 saturated heterocycles. The highest BCUT2D eigenvalue weighted by molar-refractivity contribution is 7.84. The summed E-state index contributed by atoms with van der Waals surface area (Å²) in [7, 11) is -0.623. The van der Waals surface area contributed by atoms with Crippen LogP contribution in [0.5, 0.6) is 0 Å². The zero-order chi connectivity index (χ0) is 10.5. The van der Waals surface area contributed by atoms with Crippen LogP contribution in [0.25, 0.3) is 0 Å². The van der Waals surface area contributed by atoms with Crippen LogP contribution in [0, 0.1) is 0 Å². The maximum Gasteiger partial charge on any atom is 0.146 e. The summed E-state index contributed by atoms with van der Waals surface area (Å²) in [5, 5.41) is 0. The van der Waals surface area contributed by atoms with Crippen molar-refractivity contribution in [3.05, 3.63) is 0 Å². The first-order valence-electron chi connectivity index (χ1n) is 4.24. The lowest BCUT2D eigenvalue weighted by atomic mass is 10.3. The first kappa shape index (κ1) is 15.5. The Balaban J connectivity index is 0. The van der Waals surface area contributed by atoms with Gasteiger partial charge < -0.3 is 10.5 Å². The molecule has 0 bridgehead atoms. The van der Waals surface area contributed by atoms with E-state index in [1.165, 1.54) is 5.55 Å². The van der Waals surface area contributed by atoms with Gasteiger partial charge in [0.25, 0.3) is 0 Å². The number of unbranched alkanes of at least 4 members (excludes halogenated alkanes) is 1. The second-order valence-electron chi connectivity index (χ2n) is 2.32. The van der Waals surface area contributed by atoms with Crippen LogP contribution >= 0.6 is 12.2 Å². The van der Waals surface area contributed by atoms with Crippen molar-refractivity contribution >= 4 is 28.6 Å². The normalized spacial score (nSPS) is 11.0. The summed E-state index contributed by atoms with van der Waals surface area (Å²) < 4.78 is 14.9. The monoisotopic (exact) mass is 225 g/mol. The number of rotatable bonds is 6. The predicted octanol–water partition coefficient (Wildman–Crippen LogP) is 1.08. The molecule has 0 aromatic rings. The lowest BCUT2D eigenvalue weighted by molar-refractivity contribution is 0.351. The first-order valence-corrected chi connectivity index (χ1v) is 6.44. The van der Waals surface area contributed by atoms with E-state index in [0.29, 0.717) is 6.61 Å². The summed E-state index contributed by atoms with van der Waals surface area (Å²) in [4.78, 5) is 0. The first-order chi connectivity index (χ1) is 6.18. The Labute approximate surface area is 88.5 Å². The third-order valence-electron chi connectivity index (χ3n) is 1.12. The zero-order valence-electron chi connectivity index (χ0n) is 8.32. The van der Waals surface area contributed by atoms with Crippen molar-refractivity contribution < 1.29 is 8.95 Å². The molecule has 0 aliphatic carbocycles. The van der Waals surface area contributed by atoms with Crippen LogP contribution in [0.4, 0.5) is 0 Å². The molecule has 0 radical (unpaired) electrons. The molecule has 3 nitrogen and oxygen atoms in total. The molecule has 5 heteroatoms. The van der Waals surface area contributed by atoms with Gasteiger partial charge in [-0.15, -0.1) is 0 Å². The van der Waals surface area contributed by atoms with Gasteiger partial charge in [-0.2, -0.15) is 0 Å². The second-order valence-corrected chi connectivity index (χ2v) is 4.07. The molecule has 1 atom stereocenters. The van der Waals surface area contributed by atoms with Crippen LogP contribution in [0.15, 0.2) is 0 Å². The van der Waals surface area contributed by atoms with Gasteiger partial charge in [-0.25, -0.2) is 0 Å². The molecule has 80 valence electrons. The Morgan fingerprint density at radius 1 is 1.54 bits per heavy atom. The molecule has 0 amide bonds. The van der Waals surface area contributed by atoms with Gasteiger partial charge in [0, 0.05) is 22.8 Å². The molecule has 0 aliphatic heterocycles. The fourth-order valence-corrected chi connectivity index (χ4v) is 1.26. The molecule has 0 rings (SSSR count). The second kappa shape index (κ2) is 14.5. The van der Waals surface area contributed by atoms with Crippen LogP contribution < -0.4 is 5.73 Å². The minimum absolute atomic E-state index is 0.623. The van der Waals surface area contributed by atoms with Gasteiger partial charge >= 0.3 is 0 Å². The summed E-state index contributed by atoms with van der Waals surface area (Å²) in [6.07, 6.45) is 3.72. The predicted molar refractivity (Wildman–Crippen MR) is 62.5 cm³/mol. The Morgan fingerprint density at radius 2 is 2.15 bits per heavy atom. The van der Waals surface area contributed by atoms with E-state index in [9.17, 15) is 4.21 Å². The summed E-state index contributed by atoms with van der Waals surface area (Å²) in [5.41, 5.74) is 6.48. The van der Waals surface area contributed by atoms with Crippen LogP contribution in [0.3, 0.4) is 0 Å². The standard InChI is InChI=1S/C5H13NOS.C3H6OS/c1-8(7)5-3-2-4-6;1-2-4-3-5/h2-6H2,1H3;3H,2H2,1H3. The number of hydrogen-bond donors (Lipinski definition) is 1. The molecule has 0 fully saturated rings. The molecule has 13 heavy (non-hydrogen) atoms. The SMILES string of the molecule is CCOC=S.CS(=O)CCCCN. The van der Waals surface area contributed by atoms with E-state index in [0.717, 1.165) is 25.1 Å². The van der Waals surface area contributed by atoms with Crippen LogP contribution in [0.2, 0.25) is 0 Å². The number of thiocarbonyl (C=S) groups is 1. The third kappa shape index (κ3) is 24.5. The summed E-state index contributed by atoms with van der Waals surface area (Å²) in [6.45, 7) is 3.30. The van der Waals surface area contributed by atoms with Gasteiger partial charge in [0.15, 0.2) is 0 Å². The van der Waals surface area contributed by atoms with Gasteiger partial charge in [-0.1, -0.05) is 0 Å². The summed E-state index contributed by atoms with van der Waals surface area (Å²) in [6, 6.07) is 0. The number of ether oxygens (including phenoxy) is 1. The topological polar surface area (TPSA) is 52.3 Å². The lowest BCUT2D eigenvalue weighted by Crippen LogP contribution is -2.01. The van der Waals surface area contributed by atoms with Gasteiger partial charge in [0.2, 0.25) is 0 Å². The van der Waals surface area contributed by atoms with Gasteiger partial charge in [-0.3, -0.25) is 4.21 Å². The third-order valence-corrected chi connectivity index (χ3v) is 2.12. The van der Waals surface area contributed by atoms with E-state index in [1.54, 1.807) is 6.26 Å². The maximum atomic E-state index is 10.4. The largest absolute Gasteiger partial charge is 0.490 e.